The number of nitrogens with zero attached hydrogens (tertiary/aromatic N) is 1. The molecule has 0 radical (unpaired) electrons. The lowest BCUT2D eigenvalue weighted by molar-refractivity contribution is -0.0977. The van der Waals surface area contributed by atoms with Gasteiger partial charge in [-0.1, -0.05) is 18.2 Å². The van der Waals surface area contributed by atoms with Crippen LogP contribution in [0.5, 0.6) is 0 Å². The molecule has 6 nitrogen and oxygen atoms in total. The Morgan fingerprint density at radius 2 is 2.05 bits per heavy atom. The van der Waals surface area contributed by atoms with Gasteiger partial charge in [0.2, 0.25) is 5.89 Å². The summed E-state index contributed by atoms with van der Waals surface area (Å²) in [6.07, 6.45) is -0.528. The van der Waals surface area contributed by atoms with Crippen molar-refractivity contribution in [2.45, 2.75) is 6.10 Å². The molecule has 3 rings (SSSR count). The van der Waals surface area contributed by atoms with Gasteiger partial charge in [-0.25, -0.2) is 9.78 Å². The number of benzene rings is 1. The van der Waals surface area contributed by atoms with Crippen molar-refractivity contribution in [2.24, 2.45) is 0 Å². The van der Waals surface area contributed by atoms with Crippen molar-refractivity contribution < 1.29 is 23.8 Å². The largest absolute Gasteiger partial charge is 0.476 e. The Labute approximate surface area is 115 Å². The number of hydrogen-bond acceptors (Lipinski definition) is 5. The molecular formula is C14H13NO5. The van der Waals surface area contributed by atoms with Crippen LogP contribution in [0.25, 0.3) is 11.5 Å². The number of rotatable bonds is 3. The summed E-state index contributed by atoms with van der Waals surface area (Å²) in [5, 5.41) is 9.24. The summed E-state index contributed by atoms with van der Waals surface area (Å²) in [5.74, 6) is -0.664. The first-order valence-electron chi connectivity index (χ1n) is 6.24. The lowest BCUT2D eigenvalue weighted by atomic mass is 10.2. The van der Waals surface area contributed by atoms with Crippen LogP contribution in [0.2, 0.25) is 0 Å². The zero-order valence-corrected chi connectivity index (χ0v) is 10.6. The third-order valence-corrected chi connectivity index (χ3v) is 2.99. The van der Waals surface area contributed by atoms with Crippen molar-refractivity contribution in [1.82, 2.24) is 4.98 Å². The smallest absolute Gasteiger partial charge is 0.358 e. The molecule has 20 heavy (non-hydrogen) atoms. The van der Waals surface area contributed by atoms with E-state index in [1.165, 1.54) is 0 Å². The maximum absolute atomic E-state index is 11.3. The highest BCUT2D eigenvalue weighted by Gasteiger charge is 2.29. The van der Waals surface area contributed by atoms with Crippen LogP contribution in [0, 0.1) is 0 Å². The van der Waals surface area contributed by atoms with Crippen LogP contribution in [0.3, 0.4) is 0 Å². The van der Waals surface area contributed by atoms with E-state index in [0.717, 1.165) is 5.56 Å². The Morgan fingerprint density at radius 1 is 1.25 bits per heavy atom. The molecule has 0 bridgehead atoms. The average molecular weight is 275 g/mol. The van der Waals surface area contributed by atoms with Gasteiger partial charge >= 0.3 is 5.97 Å². The Bertz CT molecular complexity index is 601. The molecule has 1 atom stereocenters. The average Bonchev–Trinajstić information content (AvgIpc) is 2.94. The third kappa shape index (κ3) is 2.43. The topological polar surface area (TPSA) is 81.8 Å². The molecule has 1 unspecified atom stereocenters. The molecule has 104 valence electrons. The summed E-state index contributed by atoms with van der Waals surface area (Å²) in [6, 6.07) is 9.14. The van der Waals surface area contributed by atoms with Gasteiger partial charge in [0, 0.05) is 5.56 Å². The van der Waals surface area contributed by atoms with Gasteiger partial charge < -0.3 is 19.0 Å². The number of aromatic carboxylic acids is 1. The van der Waals surface area contributed by atoms with E-state index in [-0.39, 0.29) is 24.0 Å². The number of aromatic nitrogens is 1. The van der Waals surface area contributed by atoms with E-state index >= 15 is 0 Å². The lowest BCUT2D eigenvalue weighted by Gasteiger charge is -2.21. The number of carboxylic acid groups (broad SMARTS) is 1. The van der Waals surface area contributed by atoms with Gasteiger partial charge in [-0.05, 0) is 12.1 Å². The molecule has 0 aliphatic carbocycles. The van der Waals surface area contributed by atoms with Crippen LogP contribution in [-0.2, 0) is 9.47 Å². The first-order chi connectivity index (χ1) is 9.75. The molecule has 1 aromatic carbocycles. The van der Waals surface area contributed by atoms with E-state index in [2.05, 4.69) is 4.98 Å². The minimum absolute atomic E-state index is 0.126. The van der Waals surface area contributed by atoms with Gasteiger partial charge in [0.25, 0.3) is 0 Å². The summed E-state index contributed by atoms with van der Waals surface area (Å²) < 4.78 is 16.4. The minimum atomic E-state index is -1.14. The maximum atomic E-state index is 11.3. The molecule has 0 saturated carbocycles. The fraction of sp³-hybridized carbons (Fsp3) is 0.286. The summed E-state index contributed by atoms with van der Waals surface area (Å²) >= 11 is 0. The van der Waals surface area contributed by atoms with Crippen LogP contribution in [0.15, 0.2) is 34.7 Å². The van der Waals surface area contributed by atoms with Crippen molar-refractivity contribution >= 4 is 5.97 Å². The fourth-order valence-electron chi connectivity index (χ4n) is 2.05. The van der Waals surface area contributed by atoms with Gasteiger partial charge in [-0.2, -0.15) is 0 Å². The number of carbonyl (C=O) groups is 1. The van der Waals surface area contributed by atoms with Crippen LogP contribution >= 0.6 is 0 Å². The fourth-order valence-corrected chi connectivity index (χ4v) is 2.05. The third-order valence-electron chi connectivity index (χ3n) is 2.99. The Morgan fingerprint density at radius 3 is 2.70 bits per heavy atom. The second kappa shape index (κ2) is 5.44. The van der Waals surface area contributed by atoms with Crippen molar-refractivity contribution in [2.75, 3.05) is 19.8 Å². The van der Waals surface area contributed by atoms with Crippen LogP contribution in [0.1, 0.15) is 22.4 Å². The molecule has 1 aliphatic rings. The highest BCUT2D eigenvalue weighted by Crippen LogP contribution is 2.29. The lowest BCUT2D eigenvalue weighted by Crippen LogP contribution is -2.23. The van der Waals surface area contributed by atoms with Crippen LogP contribution in [-0.4, -0.2) is 35.9 Å². The molecule has 6 heteroatoms. The predicted molar refractivity (Wildman–Crippen MR) is 68.4 cm³/mol. The zero-order chi connectivity index (χ0) is 13.9. The molecule has 2 aromatic rings. The second-order valence-corrected chi connectivity index (χ2v) is 4.34. The van der Waals surface area contributed by atoms with E-state index in [1.807, 2.05) is 18.2 Å². The molecule has 1 aromatic heterocycles. The molecule has 1 fully saturated rings. The molecule has 1 N–H and O–H groups in total. The number of oxazole rings is 1. The molecule has 1 aliphatic heterocycles. The highest BCUT2D eigenvalue weighted by molar-refractivity contribution is 5.87. The van der Waals surface area contributed by atoms with Crippen molar-refractivity contribution in [3.63, 3.8) is 0 Å². The van der Waals surface area contributed by atoms with Gasteiger partial charge in [0.1, 0.15) is 6.10 Å². The predicted octanol–water partition coefficient (Wildman–Crippen LogP) is 2.13. The van der Waals surface area contributed by atoms with Gasteiger partial charge in [-0.3, -0.25) is 0 Å². The minimum Gasteiger partial charge on any atom is -0.476 e. The van der Waals surface area contributed by atoms with Crippen molar-refractivity contribution in [1.29, 1.82) is 0 Å². The number of ether oxygens (including phenoxy) is 2. The summed E-state index contributed by atoms with van der Waals surface area (Å²) in [7, 11) is 0. The Kier molecular flexibility index (Phi) is 3.49. The monoisotopic (exact) mass is 275 g/mol. The molecule has 0 spiro atoms. The summed E-state index contributed by atoms with van der Waals surface area (Å²) in [4.78, 5) is 15.3. The number of carboxylic acids is 1. The molecule has 2 heterocycles. The normalized spacial score (nSPS) is 18.9. The first-order valence-corrected chi connectivity index (χ1v) is 6.24. The van der Waals surface area contributed by atoms with E-state index < -0.39 is 12.1 Å². The SMILES string of the molecule is O=C(O)c1nc(-c2ccccc2)oc1C1COCCO1. The number of hydrogen-bond donors (Lipinski definition) is 1. The standard InChI is InChI=1S/C14H13NO5/c16-14(17)11-12(10-8-18-6-7-19-10)20-13(15-11)9-4-2-1-3-5-9/h1-5,10H,6-8H2,(H,16,17). The Hall–Kier alpha value is -2.18. The van der Waals surface area contributed by atoms with E-state index in [4.69, 9.17) is 13.9 Å². The quantitative estimate of drug-likeness (QED) is 0.924. The van der Waals surface area contributed by atoms with Crippen molar-refractivity contribution in [3.8, 4) is 11.5 Å². The second-order valence-electron chi connectivity index (χ2n) is 4.34. The highest BCUT2D eigenvalue weighted by atomic mass is 16.6. The van der Waals surface area contributed by atoms with Gasteiger partial charge in [0.15, 0.2) is 11.5 Å². The van der Waals surface area contributed by atoms with Gasteiger partial charge in [0.05, 0.1) is 19.8 Å². The first kappa shape index (κ1) is 12.8. The van der Waals surface area contributed by atoms with Gasteiger partial charge in [-0.15, -0.1) is 0 Å². The van der Waals surface area contributed by atoms with Crippen molar-refractivity contribution in [3.05, 3.63) is 41.8 Å². The molecule has 1 saturated heterocycles. The maximum Gasteiger partial charge on any atom is 0.358 e. The van der Waals surface area contributed by atoms with E-state index in [1.54, 1.807) is 12.1 Å². The molecule has 0 amide bonds. The Balaban J connectivity index is 2.00. The van der Waals surface area contributed by atoms with Crippen LogP contribution < -0.4 is 0 Å². The van der Waals surface area contributed by atoms with E-state index in [0.29, 0.717) is 13.2 Å². The summed E-state index contributed by atoms with van der Waals surface area (Å²) in [6.45, 7) is 1.17. The van der Waals surface area contributed by atoms with E-state index in [9.17, 15) is 9.90 Å². The van der Waals surface area contributed by atoms with Crippen LogP contribution in [0.4, 0.5) is 0 Å². The summed E-state index contributed by atoms with van der Waals surface area (Å²) in [5.41, 5.74) is 0.595. The zero-order valence-electron chi connectivity index (χ0n) is 10.6. The molecular weight excluding hydrogens is 262 g/mol.